The van der Waals surface area contributed by atoms with Crippen molar-refractivity contribution in [3.05, 3.63) is 71.7 Å². The highest BCUT2D eigenvalue weighted by Crippen LogP contribution is 2.36. The molecule has 3 amide bonds. The highest BCUT2D eigenvalue weighted by atomic mass is 32.1. The summed E-state index contributed by atoms with van der Waals surface area (Å²) in [5.74, 6) is -1.06. The van der Waals surface area contributed by atoms with Crippen LogP contribution in [0.4, 0.5) is 0 Å². The van der Waals surface area contributed by atoms with Crippen LogP contribution >= 0.6 is 11.3 Å². The predicted octanol–water partition coefficient (Wildman–Crippen LogP) is 6.43. The van der Waals surface area contributed by atoms with Crippen LogP contribution in [-0.4, -0.2) is 54.7 Å². The van der Waals surface area contributed by atoms with E-state index in [0.29, 0.717) is 45.6 Å². The van der Waals surface area contributed by atoms with Crippen LogP contribution in [0.2, 0.25) is 0 Å². The maximum absolute atomic E-state index is 14.1. The van der Waals surface area contributed by atoms with Crippen molar-refractivity contribution in [2.24, 2.45) is 11.8 Å². The number of carbonyl (C=O) groups is 3. The van der Waals surface area contributed by atoms with E-state index in [9.17, 15) is 14.4 Å². The Labute approximate surface area is 307 Å². The maximum atomic E-state index is 14.1. The topological polar surface area (TPSA) is 204 Å². The number of carbonyl (C=O) groups excluding carboxylic acids is 3. The molecule has 5 aromatic heterocycles. The molecule has 0 fully saturated rings. The molecule has 1 aliphatic heterocycles. The van der Waals surface area contributed by atoms with E-state index in [2.05, 4.69) is 47.4 Å². The molecule has 7 rings (SSSR count). The SMILES string of the molecule is C=C1NC(=O)[C@H](C(C)C)NC(=O)[C@@H]([C@@H](C)CC)NC(=O)c2nc(oc2-c2ccccc2)-c2nc(oc2C)-c2csc(n2)-c2coc(n2)-c2nc1oc2C. The van der Waals surface area contributed by atoms with Crippen LogP contribution in [0, 0.1) is 25.7 Å². The molecule has 1 aliphatic rings. The molecule has 0 saturated heterocycles. The van der Waals surface area contributed by atoms with Crippen molar-refractivity contribution in [2.45, 2.75) is 60.0 Å². The molecule has 0 unspecified atom stereocenters. The minimum atomic E-state index is -1.04. The number of hydrogen-bond acceptors (Lipinski definition) is 13. The average Bonchev–Trinajstić information content (AvgIpc) is 3.98. The van der Waals surface area contributed by atoms with Crippen LogP contribution in [0.3, 0.4) is 0 Å². The van der Waals surface area contributed by atoms with Crippen molar-refractivity contribution in [1.82, 2.24) is 40.9 Å². The number of hydrogen-bond donors (Lipinski definition) is 3. The summed E-state index contributed by atoms with van der Waals surface area (Å²) < 4.78 is 23.9. The summed E-state index contributed by atoms with van der Waals surface area (Å²) in [6.07, 6.45) is 1.99. The molecule has 0 aliphatic carbocycles. The first kappa shape index (κ1) is 35.3. The summed E-state index contributed by atoms with van der Waals surface area (Å²) in [6, 6.07) is 6.96. The van der Waals surface area contributed by atoms with Gasteiger partial charge < -0.3 is 33.6 Å². The second-order valence-electron chi connectivity index (χ2n) is 13.0. The summed E-state index contributed by atoms with van der Waals surface area (Å²) in [5.41, 5.74) is 2.04. The number of amides is 3. The average molecular weight is 737 g/mol. The molecular weight excluding hydrogens is 701 g/mol. The van der Waals surface area contributed by atoms with E-state index in [1.165, 1.54) is 17.6 Å². The third-order valence-electron chi connectivity index (χ3n) is 8.88. The Morgan fingerprint density at radius 1 is 0.774 bits per heavy atom. The Balaban J connectivity index is 1.34. The molecule has 15 nitrogen and oxygen atoms in total. The molecule has 16 heteroatoms. The normalized spacial score (nSPS) is 17.3. The monoisotopic (exact) mass is 736 g/mol. The van der Waals surface area contributed by atoms with E-state index in [-0.39, 0.29) is 58.2 Å². The quantitative estimate of drug-likeness (QED) is 0.179. The van der Waals surface area contributed by atoms with Crippen LogP contribution in [0.25, 0.3) is 62.5 Å². The summed E-state index contributed by atoms with van der Waals surface area (Å²) >= 11 is 1.30. The molecule has 10 bridgehead atoms. The van der Waals surface area contributed by atoms with Gasteiger partial charge in [0.1, 0.15) is 46.3 Å². The molecule has 6 aromatic rings. The zero-order chi connectivity index (χ0) is 37.6. The molecule has 0 saturated carbocycles. The first-order valence-corrected chi connectivity index (χ1v) is 17.8. The minimum Gasteiger partial charge on any atom is -0.442 e. The first-order chi connectivity index (χ1) is 25.4. The molecule has 1 aromatic carbocycles. The smallest absolute Gasteiger partial charge is 0.274 e. The van der Waals surface area contributed by atoms with Crippen LogP contribution in [0.5, 0.6) is 0 Å². The number of thiazole rings is 1. The van der Waals surface area contributed by atoms with Gasteiger partial charge in [-0.15, -0.1) is 11.3 Å². The van der Waals surface area contributed by atoms with E-state index in [0.717, 1.165) is 0 Å². The highest BCUT2D eigenvalue weighted by molar-refractivity contribution is 7.13. The summed E-state index contributed by atoms with van der Waals surface area (Å²) in [4.78, 5) is 64.7. The predicted molar refractivity (Wildman–Crippen MR) is 194 cm³/mol. The van der Waals surface area contributed by atoms with E-state index in [4.69, 9.17) is 17.7 Å². The molecule has 3 N–H and O–H groups in total. The Hall–Kier alpha value is -6.16. The number of rotatable bonds is 4. The van der Waals surface area contributed by atoms with Crippen molar-refractivity contribution in [3.63, 3.8) is 0 Å². The van der Waals surface area contributed by atoms with E-state index < -0.39 is 29.8 Å². The maximum Gasteiger partial charge on any atom is 0.274 e. The number of fused-ring (bicyclic) bond motifs is 14. The zero-order valence-corrected chi connectivity index (χ0v) is 30.6. The lowest BCUT2D eigenvalue weighted by molar-refractivity contribution is -0.131. The standard InChI is InChI=1S/C37H36N8O7S/c1-8-17(4)25-31(47)41-24(16(2)3)30(46)38-18(5)33-43-26(19(6)50-33)35-39-22(14-49-35)37-40-23(15-53-37)34-44-27(20(7)51-34)36-45-28(32(48)42-25)29(52-36)21-12-10-9-11-13-21/h9-17,24-25H,5,8H2,1-4,6-7H3,(H,38,46)(H,41,47)(H,42,48)/t17-,24-,25+/m0/s1. The number of aryl methyl sites for hydroxylation is 2. The lowest BCUT2D eigenvalue weighted by Gasteiger charge is -2.27. The van der Waals surface area contributed by atoms with E-state index >= 15 is 0 Å². The van der Waals surface area contributed by atoms with Crippen molar-refractivity contribution in [3.8, 4) is 56.8 Å². The molecule has 3 atom stereocenters. The van der Waals surface area contributed by atoms with Gasteiger partial charge >= 0.3 is 0 Å². The van der Waals surface area contributed by atoms with E-state index in [1.54, 1.807) is 57.3 Å². The van der Waals surface area contributed by atoms with Gasteiger partial charge in [0.25, 0.3) is 5.91 Å². The zero-order valence-electron chi connectivity index (χ0n) is 29.8. The highest BCUT2D eigenvalue weighted by Gasteiger charge is 2.34. The molecular formula is C37H36N8O7S. The number of oxazole rings is 4. The molecule has 272 valence electrons. The van der Waals surface area contributed by atoms with Crippen molar-refractivity contribution in [2.75, 3.05) is 0 Å². The van der Waals surface area contributed by atoms with Gasteiger partial charge in [-0.1, -0.05) is 71.0 Å². The Morgan fingerprint density at radius 2 is 1.45 bits per heavy atom. The number of nitrogens with zero attached hydrogens (tertiary/aromatic N) is 5. The van der Waals surface area contributed by atoms with Gasteiger partial charge in [0, 0.05) is 10.9 Å². The fourth-order valence-corrected chi connectivity index (χ4v) is 6.47. The number of benzene rings is 1. The number of aromatic nitrogens is 5. The Kier molecular flexibility index (Phi) is 9.38. The summed E-state index contributed by atoms with van der Waals surface area (Å²) in [5, 5.41) is 10.7. The Bertz CT molecular complexity index is 2350. The van der Waals surface area contributed by atoms with E-state index in [1.807, 2.05) is 19.9 Å². The van der Waals surface area contributed by atoms with Gasteiger partial charge in [0.05, 0.1) is 5.70 Å². The fraction of sp³-hybridized carbons (Fsp3) is 0.297. The first-order valence-electron chi connectivity index (χ1n) is 17.0. The second kappa shape index (κ2) is 14.1. The van der Waals surface area contributed by atoms with Gasteiger partial charge in [0.2, 0.25) is 35.4 Å². The van der Waals surface area contributed by atoms with Crippen LogP contribution < -0.4 is 16.0 Å². The van der Waals surface area contributed by atoms with Crippen molar-refractivity contribution in [1.29, 1.82) is 0 Å². The van der Waals surface area contributed by atoms with Gasteiger partial charge in [-0.25, -0.2) is 24.9 Å². The largest absolute Gasteiger partial charge is 0.442 e. The lowest BCUT2D eigenvalue weighted by Crippen LogP contribution is -2.57. The van der Waals surface area contributed by atoms with Crippen molar-refractivity contribution >= 4 is 34.8 Å². The second-order valence-corrected chi connectivity index (χ2v) is 13.9. The third-order valence-corrected chi connectivity index (χ3v) is 9.75. The van der Waals surface area contributed by atoms with Crippen LogP contribution in [0.1, 0.15) is 62.0 Å². The minimum absolute atomic E-state index is 0.0337. The fourth-order valence-electron chi connectivity index (χ4n) is 5.73. The molecule has 53 heavy (non-hydrogen) atoms. The van der Waals surface area contributed by atoms with Gasteiger partial charge in [-0.2, -0.15) is 0 Å². The van der Waals surface area contributed by atoms with Crippen LogP contribution in [-0.2, 0) is 9.59 Å². The van der Waals surface area contributed by atoms with Gasteiger partial charge in [-0.3, -0.25) is 14.4 Å². The van der Waals surface area contributed by atoms with Gasteiger partial charge in [-0.05, 0) is 25.7 Å². The molecule has 6 heterocycles. The number of nitrogens with one attached hydrogen (secondary N) is 3. The Morgan fingerprint density at radius 3 is 2.17 bits per heavy atom. The van der Waals surface area contributed by atoms with Crippen LogP contribution in [0.15, 0.2) is 66.2 Å². The molecule has 0 radical (unpaired) electrons. The lowest BCUT2D eigenvalue weighted by atomic mass is 9.96. The molecule has 0 spiro atoms. The summed E-state index contributed by atoms with van der Waals surface area (Å²) in [6.45, 7) is 14.7. The van der Waals surface area contributed by atoms with Gasteiger partial charge in [0.15, 0.2) is 22.8 Å². The van der Waals surface area contributed by atoms with Crippen molar-refractivity contribution < 1.29 is 32.1 Å². The summed E-state index contributed by atoms with van der Waals surface area (Å²) in [7, 11) is 0. The third kappa shape index (κ3) is 6.80.